The van der Waals surface area contributed by atoms with Gasteiger partial charge in [0.2, 0.25) is 5.95 Å². The van der Waals surface area contributed by atoms with E-state index in [0.29, 0.717) is 0 Å². The van der Waals surface area contributed by atoms with Crippen LogP contribution in [-0.4, -0.2) is 29.7 Å². The Morgan fingerprint density at radius 3 is 2.33 bits per heavy atom. The summed E-state index contributed by atoms with van der Waals surface area (Å²) in [5.74, 6) is 0.180. The summed E-state index contributed by atoms with van der Waals surface area (Å²) in [7, 11) is 0. The van der Waals surface area contributed by atoms with Gasteiger partial charge in [-0.1, -0.05) is 0 Å². The van der Waals surface area contributed by atoms with Gasteiger partial charge in [-0.3, -0.25) is 0 Å². The highest BCUT2D eigenvalue weighted by Gasteiger charge is 2.15. The summed E-state index contributed by atoms with van der Waals surface area (Å²) in [4.78, 5) is 15.6. The Bertz CT molecular complexity index is 929. The van der Waals surface area contributed by atoms with E-state index < -0.39 is 0 Å². The van der Waals surface area contributed by atoms with Crippen molar-refractivity contribution in [2.75, 3.05) is 17.2 Å². The molecule has 12 nitrogen and oxygen atoms in total. The average molecular weight is 322 g/mol. The van der Waals surface area contributed by atoms with Crippen LogP contribution in [0.3, 0.4) is 0 Å². The Hall–Kier alpha value is -4.14. The monoisotopic (exact) mass is 322 g/mol. The van der Waals surface area contributed by atoms with Crippen molar-refractivity contribution in [1.29, 1.82) is 5.26 Å². The molecule has 0 radical (unpaired) electrons. The second-order valence-corrected chi connectivity index (χ2v) is 4.36. The summed E-state index contributed by atoms with van der Waals surface area (Å²) in [5, 5.41) is 21.1. The Balaban J connectivity index is 2.08. The summed E-state index contributed by atoms with van der Waals surface area (Å²) in [6.45, 7) is 0. The first-order valence-corrected chi connectivity index (χ1v) is 6.46. The van der Waals surface area contributed by atoms with E-state index >= 15 is 0 Å². The fourth-order valence-electron chi connectivity index (χ4n) is 1.77. The SMILES string of the molecule is N#Cc1cnn(-c2ncccn2)c1/N=N/c1c(N)nc(N)nc1N. The lowest BCUT2D eigenvalue weighted by molar-refractivity contribution is 0.803. The lowest BCUT2D eigenvalue weighted by Crippen LogP contribution is -2.03. The zero-order valence-corrected chi connectivity index (χ0v) is 12.1. The third-order valence-corrected chi connectivity index (χ3v) is 2.81. The molecule has 0 aliphatic heterocycles. The third kappa shape index (κ3) is 2.64. The summed E-state index contributed by atoms with van der Waals surface area (Å²) >= 11 is 0. The highest BCUT2D eigenvalue weighted by atomic mass is 15.4. The van der Waals surface area contributed by atoms with Crippen molar-refractivity contribution in [3.63, 3.8) is 0 Å². The van der Waals surface area contributed by atoms with Crippen LogP contribution in [0.5, 0.6) is 0 Å². The van der Waals surface area contributed by atoms with Crippen molar-refractivity contribution in [3.05, 3.63) is 30.2 Å². The average Bonchev–Trinajstić information content (AvgIpc) is 2.97. The summed E-state index contributed by atoms with van der Waals surface area (Å²) in [5.41, 5.74) is 17.0. The van der Waals surface area contributed by atoms with Crippen LogP contribution in [0.1, 0.15) is 5.56 Å². The highest BCUT2D eigenvalue weighted by Crippen LogP contribution is 2.30. The molecule has 0 unspecified atom stereocenters. The van der Waals surface area contributed by atoms with Crippen molar-refractivity contribution in [1.82, 2.24) is 29.7 Å². The fraction of sp³-hybridized carbons (Fsp3) is 0. The summed E-state index contributed by atoms with van der Waals surface area (Å²) in [6.07, 6.45) is 4.37. The van der Waals surface area contributed by atoms with Gasteiger partial charge < -0.3 is 17.2 Å². The molecule has 3 aromatic rings. The van der Waals surface area contributed by atoms with Gasteiger partial charge in [0.25, 0.3) is 5.95 Å². The van der Waals surface area contributed by atoms with Gasteiger partial charge >= 0.3 is 0 Å². The molecular formula is C12H10N12. The molecule has 3 heterocycles. The van der Waals surface area contributed by atoms with Crippen LogP contribution in [0.4, 0.5) is 29.1 Å². The molecule has 0 bridgehead atoms. The third-order valence-electron chi connectivity index (χ3n) is 2.81. The predicted octanol–water partition coefficient (Wildman–Crippen LogP) is 0.486. The summed E-state index contributed by atoms with van der Waals surface area (Å²) < 4.78 is 1.26. The first-order chi connectivity index (χ1) is 11.6. The molecule has 0 saturated heterocycles. The molecule has 3 aromatic heterocycles. The van der Waals surface area contributed by atoms with E-state index in [2.05, 4.69) is 35.3 Å². The van der Waals surface area contributed by atoms with Gasteiger partial charge in [0.1, 0.15) is 11.6 Å². The van der Waals surface area contributed by atoms with E-state index in [0.717, 1.165) is 0 Å². The van der Waals surface area contributed by atoms with Crippen LogP contribution >= 0.6 is 0 Å². The van der Waals surface area contributed by atoms with Gasteiger partial charge in [0, 0.05) is 12.4 Å². The first kappa shape index (κ1) is 14.8. The molecule has 0 atom stereocenters. The number of hydrogen-bond acceptors (Lipinski definition) is 11. The number of hydrogen-bond donors (Lipinski definition) is 3. The molecule has 3 rings (SSSR count). The number of nitrogens with zero attached hydrogens (tertiary/aromatic N) is 9. The molecular weight excluding hydrogens is 312 g/mol. The van der Waals surface area contributed by atoms with Crippen molar-refractivity contribution in [2.45, 2.75) is 0 Å². The van der Waals surface area contributed by atoms with Gasteiger partial charge in [-0.15, -0.1) is 10.2 Å². The molecule has 12 heteroatoms. The Labute approximate surface area is 134 Å². The van der Waals surface area contributed by atoms with E-state index in [9.17, 15) is 5.26 Å². The molecule has 0 aliphatic carbocycles. The zero-order chi connectivity index (χ0) is 17.1. The van der Waals surface area contributed by atoms with Crippen LogP contribution in [0.25, 0.3) is 5.95 Å². The van der Waals surface area contributed by atoms with E-state index in [1.807, 2.05) is 6.07 Å². The number of nitrogens with two attached hydrogens (primary N) is 3. The standard InChI is InChI=1S/C12H10N12/c13-4-6-5-19-24(12-17-2-1-3-18-12)10(6)23-22-7-8(14)20-11(16)21-9(7)15/h1-3,5H,(H6,14,15,16,20,21)/b23-22+. The minimum Gasteiger partial charge on any atom is -0.382 e. The minimum absolute atomic E-state index is 0.0369. The topological polar surface area (TPSA) is 196 Å². The molecule has 6 N–H and O–H groups in total. The largest absolute Gasteiger partial charge is 0.382 e. The zero-order valence-electron chi connectivity index (χ0n) is 12.1. The second-order valence-electron chi connectivity index (χ2n) is 4.36. The maximum atomic E-state index is 9.19. The molecule has 118 valence electrons. The maximum absolute atomic E-state index is 9.19. The smallest absolute Gasteiger partial charge is 0.252 e. The van der Waals surface area contributed by atoms with Gasteiger partial charge in [-0.05, 0) is 6.07 Å². The molecule has 0 aliphatic rings. The Morgan fingerprint density at radius 2 is 1.71 bits per heavy atom. The van der Waals surface area contributed by atoms with Gasteiger partial charge in [-0.2, -0.15) is 25.0 Å². The molecule has 0 amide bonds. The van der Waals surface area contributed by atoms with Crippen molar-refractivity contribution >= 4 is 29.1 Å². The van der Waals surface area contributed by atoms with E-state index in [4.69, 9.17) is 17.2 Å². The van der Waals surface area contributed by atoms with E-state index in [1.165, 1.54) is 23.3 Å². The molecule has 24 heavy (non-hydrogen) atoms. The molecule has 0 spiro atoms. The van der Waals surface area contributed by atoms with Crippen LogP contribution in [0.2, 0.25) is 0 Å². The number of rotatable bonds is 3. The number of anilines is 3. The first-order valence-electron chi connectivity index (χ1n) is 6.46. The lowest BCUT2D eigenvalue weighted by Gasteiger charge is -2.03. The van der Waals surface area contributed by atoms with Crippen molar-refractivity contribution in [3.8, 4) is 12.0 Å². The minimum atomic E-state index is -0.0793. The predicted molar refractivity (Wildman–Crippen MR) is 83.3 cm³/mol. The Morgan fingerprint density at radius 1 is 1.04 bits per heavy atom. The Kier molecular flexibility index (Phi) is 3.65. The number of aromatic nitrogens is 6. The number of azo groups is 1. The number of nitriles is 1. The quantitative estimate of drug-likeness (QED) is 0.574. The lowest BCUT2D eigenvalue weighted by atomic mass is 10.4. The van der Waals surface area contributed by atoms with Crippen molar-refractivity contribution < 1.29 is 0 Å². The van der Waals surface area contributed by atoms with Crippen molar-refractivity contribution in [2.24, 2.45) is 10.2 Å². The van der Waals surface area contributed by atoms with Crippen LogP contribution in [-0.2, 0) is 0 Å². The number of nitrogen functional groups attached to an aromatic ring is 3. The fourth-order valence-corrected chi connectivity index (χ4v) is 1.77. The summed E-state index contributed by atoms with van der Waals surface area (Å²) in [6, 6.07) is 3.60. The normalized spacial score (nSPS) is 10.8. The highest BCUT2D eigenvalue weighted by molar-refractivity contribution is 5.71. The van der Waals surface area contributed by atoms with Crippen LogP contribution in [0.15, 0.2) is 34.9 Å². The molecule has 0 aromatic carbocycles. The van der Waals surface area contributed by atoms with E-state index in [-0.39, 0.29) is 40.6 Å². The maximum Gasteiger partial charge on any atom is 0.252 e. The van der Waals surface area contributed by atoms with Crippen LogP contribution in [0, 0.1) is 11.3 Å². The second kappa shape index (κ2) is 5.93. The molecule has 0 saturated carbocycles. The van der Waals surface area contributed by atoms with Crippen LogP contribution < -0.4 is 17.2 Å². The molecule has 0 fully saturated rings. The van der Waals surface area contributed by atoms with E-state index in [1.54, 1.807) is 6.07 Å². The van der Waals surface area contributed by atoms with Gasteiger partial charge in [0.15, 0.2) is 23.1 Å². The van der Waals surface area contributed by atoms with Gasteiger partial charge in [-0.25, -0.2) is 9.97 Å². The van der Waals surface area contributed by atoms with Gasteiger partial charge in [0.05, 0.1) is 6.20 Å².